The molecule has 0 radical (unpaired) electrons. The summed E-state index contributed by atoms with van der Waals surface area (Å²) < 4.78 is 1.66. The van der Waals surface area contributed by atoms with Crippen LogP contribution in [-0.4, -0.2) is 14.8 Å². The second-order valence-corrected chi connectivity index (χ2v) is 10.1. The standard InChI is InChI=1S/C30H55NO2/c1-4-6-7-8-9-10-11-12-13-14-15-16-17-18-19-20-21-22-23-24-28(27(3)5-2)31-29(32)25-26-30(31)33/h5,25-26,28,32-33H,4,6-24H2,1-3H3. The number of hydrogen-bond donors (Lipinski definition) is 2. The van der Waals surface area contributed by atoms with Gasteiger partial charge in [-0.25, -0.2) is 0 Å². The van der Waals surface area contributed by atoms with Gasteiger partial charge in [0.15, 0.2) is 11.8 Å². The average molecular weight is 462 g/mol. The van der Waals surface area contributed by atoms with E-state index in [1.165, 1.54) is 121 Å². The summed E-state index contributed by atoms with van der Waals surface area (Å²) in [6.07, 6.45) is 29.4. The molecule has 0 saturated carbocycles. The lowest BCUT2D eigenvalue weighted by atomic mass is 9.99. The number of rotatable bonds is 22. The quantitative estimate of drug-likeness (QED) is 0.133. The molecule has 0 fully saturated rings. The number of unbranched alkanes of at least 4 members (excludes halogenated alkanes) is 18. The highest BCUT2D eigenvalue weighted by molar-refractivity contribution is 5.27. The monoisotopic (exact) mass is 461 g/mol. The summed E-state index contributed by atoms with van der Waals surface area (Å²) in [4.78, 5) is 0. The van der Waals surface area contributed by atoms with Gasteiger partial charge in [0.05, 0.1) is 6.04 Å². The highest BCUT2D eigenvalue weighted by Crippen LogP contribution is 2.34. The molecule has 0 aromatic carbocycles. The highest BCUT2D eigenvalue weighted by Gasteiger charge is 2.18. The fourth-order valence-corrected chi connectivity index (χ4v) is 4.92. The van der Waals surface area contributed by atoms with E-state index >= 15 is 0 Å². The van der Waals surface area contributed by atoms with E-state index in [2.05, 4.69) is 19.9 Å². The first kappa shape index (κ1) is 29.7. The van der Waals surface area contributed by atoms with Crippen LogP contribution in [0.5, 0.6) is 11.8 Å². The molecular formula is C30H55NO2. The normalized spacial score (nSPS) is 13.0. The molecule has 0 bridgehead atoms. The van der Waals surface area contributed by atoms with Crippen molar-refractivity contribution in [3.8, 4) is 11.8 Å². The van der Waals surface area contributed by atoms with Gasteiger partial charge in [-0.15, -0.1) is 0 Å². The molecular weight excluding hydrogens is 406 g/mol. The average Bonchev–Trinajstić information content (AvgIpc) is 3.15. The molecule has 0 amide bonds. The van der Waals surface area contributed by atoms with Crippen LogP contribution < -0.4 is 0 Å². The highest BCUT2D eigenvalue weighted by atomic mass is 16.3. The van der Waals surface area contributed by atoms with E-state index in [1.54, 1.807) is 16.7 Å². The van der Waals surface area contributed by atoms with Crippen LogP contribution in [0.3, 0.4) is 0 Å². The van der Waals surface area contributed by atoms with Gasteiger partial charge in [-0.2, -0.15) is 0 Å². The van der Waals surface area contributed by atoms with Crippen molar-refractivity contribution in [2.45, 2.75) is 155 Å². The molecule has 0 saturated heterocycles. The minimum atomic E-state index is 0.0517. The lowest BCUT2D eigenvalue weighted by Gasteiger charge is -2.21. The fourth-order valence-electron chi connectivity index (χ4n) is 4.92. The Kier molecular flexibility index (Phi) is 18.0. The minimum absolute atomic E-state index is 0.0517. The summed E-state index contributed by atoms with van der Waals surface area (Å²) in [5.74, 6) is 0.299. The summed E-state index contributed by atoms with van der Waals surface area (Å²) in [6.45, 7) is 6.40. The van der Waals surface area contributed by atoms with Crippen molar-refractivity contribution in [1.82, 2.24) is 4.57 Å². The molecule has 1 aromatic heterocycles. The molecule has 0 spiro atoms. The molecule has 0 aliphatic rings. The Morgan fingerprint density at radius 3 is 1.33 bits per heavy atom. The van der Waals surface area contributed by atoms with Crippen molar-refractivity contribution in [3.05, 3.63) is 23.8 Å². The third-order valence-electron chi connectivity index (χ3n) is 7.25. The van der Waals surface area contributed by atoms with E-state index in [1.807, 2.05) is 6.92 Å². The molecule has 0 aliphatic carbocycles. The maximum Gasteiger partial charge on any atom is 0.194 e. The van der Waals surface area contributed by atoms with Gasteiger partial charge in [0.1, 0.15) is 0 Å². The number of aromatic hydroxyl groups is 2. The Labute approximate surface area is 205 Å². The van der Waals surface area contributed by atoms with Crippen LogP contribution in [0.25, 0.3) is 0 Å². The smallest absolute Gasteiger partial charge is 0.194 e. The number of hydrogen-bond acceptors (Lipinski definition) is 2. The topological polar surface area (TPSA) is 45.4 Å². The predicted molar refractivity (Wildman–Crippen MR) is 144 cm³/mol. The van der Waals surface area contributed by atoms with Crippen molar-refractivity contribution >= 4 is 0 Å². The van der Waals surface area contributed by atoms with Gasteiger partial charge in [0.2, 0.25) is 0 Å². The molecule has 1 unspecified atom stereocenters. The first-order valence-corrected chi connectivity index (χ1v) is 14.3. The zero-order valence-electron chi connectivity index (χ0n) is 22.3. The lowest BCUT2D eigenvalue weighted by Crippen LogP contribution is -2.09. The van der Waals surface area contributed by atoms with Crippen LogP contribution >= 0.6 is 0 Å². The van der Waals surface area contributed by atoms with E-state index in [0.29, 0.717) is 0 Å². The molecule has 1 heterocycles. The van der Waals surface area contributed by atoms with Crippen LogP contribution in [0.15, 0.2) is 23.8 Å². The van der Waals surface area contributed by atoms with Gasteiger partial charge in [-0.05, 0) is 20.3 Å². The summed E-state index contributed by atoms with van der Waals surface area (Å²) in [5.41, 5.74) is 1.19. The maximum absolute atomic E-state index is 10.1. The Balaban J connectivity index is 1.93. The third-order valence-corrected chi connectivity index (χ3v) is 7.25. The van der Waals surface area contributed by atoms with Gasteiger partial charge in [-0.1, -0.05) is 141 Å². The van der Waals surface area contributed by atoms with E-state index in [4.69, 9.17) is 0 Å². The first-order chi connectivity index (χ1) is 16.1. The zero-order valence-corrected chi connectivity index (χ0v) is 22.3. The molecule has 192 valence electrons. The Morgan fingerprint density at radius 2 is 1.00 bits per heavy atom. The summed E-state index contributed by atoms with van der Waals surface area (Å²) in [6, 6.07) is 3.19. The van der Waals surface area contributed by atoms with E-state index in [9.17, 15) is 10.2 Å². The third kappa shape index (κ3) is 13.8. The van der Waals surface area contributed by atoms with Gasteiger partial charge in [0.25, 0.3) is 0 Å². The number of nitrogens with zero attached hydrogens (tertiary/aromatic N) is 1. The molecule has 2 N–H and O–H groups in total. The molecule has 0 aliphatic heterocycles. The van der Waals surface area contributed by atoms with Crippen molar-refractivity contribution in [2.75, 3.05) is 0 Å². The van der Waals surface area contributed by atoms with E-state index in [0.717, 1.165) is 12.8 Å². The van der Waals surface area contributed by atoms with Gasteiger partial charge >= 0.3 is 0 Å². The maximum atomic E-state index is 10.1. The van der Waals surface area contributed by atoms with Crippen molar-refractivity contribution in [2.24, 2.45) is 0 Å². The van der Waals surface area contributed by atoms with Crippen molar-refractivity contribution in [1.29, 1.82) is 0 Å². The Morgan fingerprint density at radius 1 is 0.667 bits per heavy atom. The molecule has 33 heavy (non-hydrogen) atoms. The molecule has 3 heteroatoms. The molecule has 3 nitrogen and oxygen atoms in total. The number of allylic oxidation sites excluding steroid dienone is 2. The molecule has 1 atom stereocenters. The zero-order chi connectivity index (χ0) is 24.2. The second kappa shape index (κ2) is 20.0. The second-order valence-electron chi connectivity index (χ2n) is 10.1. The van der Waals surface area contributed by atoms with Crippen LogP contribution in [0, 0.1) is 0 Å². The first-order valence-electron chi connectivity index (χ1n) is 14.3. The van der Waals surface area contributed by atoms with E-state index < -0.39 is 0 Å². The minimum Gasteiger partial charge on any atom is -0.494 e. The molecule has 1 rings (SSSR count). The largest absolute Gasteiger partial charge is 0.494 e. The summed E-state index contributed by atoms with van der Waals surface area (Å²) in [5, 5.41) is 20.2. The molecule has 1 aromatic rings. The van der Waals surface area contributed by atoms with Crippen LogP contribution in [0.2, 0.25) is 0 Å². The van der Waals surface area contributed by atoms with Gasteiger partial charge in [-0.3, -0.25) is 4.57 Å². The summed E-state index contributed by atoms with van der Waals surface area (Å²) >= 11 is 0. The van der Waals surface area contributed by atoms with Crippen LogP contribution in [0.4, 0.5) is 0 Å². The van der Waals surface area contributed by atoms with Gasteiger partial charge in [0, 0.05) is 12.1 Å². The van der Waals surface area contributed by atoms with E-state index in [-0.39, 0.29) is 17.8 Å². The SMILES string of the molecule is CC=C(C)C(CCCCCCCCCCCCCCCCCCCCC)n1c(O)ccc1O. The van der Waals surface area contributed by atoms with Crippen molar-refractivity contribution in [3.63, 3.8) is 0 Å². The Bertz CT molecular complexity index is 585. The van der Waals surface area contributed by atoms with Crippen LogP contribution in [0.1, 0.15) is 155 Å². The van der Waals surface area contributed by atoms with Gasteiger partial charge < -0.3 is 10.2 Å². The van der Waals surface area contributed by atoms with Crippen LogP contribution in [-0.2, 0) is 0 Å². The van der Waals surface area contributed by atoms with Crippen molar-refractivity contribution < 1.29 is 10.2 Å². The summed E-state index contributed by atoms with van der Waals surface area (Å²) in [7, 11) is 0. The Hall–Kier alpha value is -1.38. The number of aromatic nitrogens is 1. The fraction of sp³-hybridized carbons (Fsp3) is 0.800. The predicted octanol–water partition coefficient (Wildman–Crippen LogP) is 10.2. The lowest BCUT2D eigenvalue weighted by molar-refractivity contribution is 0.336.